The Morgan fingerprint density at radius 3 is 2.44 bits per heavy atom. The van der Waals surface area contributed by atoms with Crippen molar-refractivity contribution in [1.29, 1.82) is 0 Å². The lowest BCUT2D eigenvalue weighted by Gasteiger charge is -2.16. The second kappa shape index (κ2) is 6.43. The van der Waals surface area contributed by atoms with E-state index in [1.54, 1.807) is 0 Å². The van der Waals surface area contributed by atoms with Crippen LogP contribution in [0.5, 0.6) is 0 Å². The van der Waals surface area contributed by atoms with Gasteiger partial charge in [-0.2, -0.15) is 13.2 Å². The van der Waals surface area contributed by atoms with E-state index in [0.29, 0.717) is 16.3 Å². The minimum Gasteiger partial charge on any atom is -0.317 e. The second-order valence-corrected chi connectivity index (χ2v) is 5.70. The molecule has 1 rings (SSSR count). The Labute approximate surface area is 109 Å². The molecular formula is C12H17F3N2S. The van der Waals surface area contributed by atoms with Crippen LogP contribution in [0, 0.1) is 0 Å². The maximum absolute atomic E-state index is 12.3. The highest BCUT2D eigenvalue weighted by Crippen LogP contribution is 2.30. The summed E-state index contributed by atoms with van der Waals surface area (Å²) in [6.07, 6.45) is -2.50. The van der Waals surface area contributed by atoms with Gasteiger partial charge in [0, 0.05) is 17.5 Å². The molecule has 0 radical (unpaired) electrons. The Balaban J connectivity index is 2.58. The average molecular weight is 278 g/mol. The predicted molar refractivity (Wildman–Crippen MR) is 67.7 cm³/mol. The molecule has 0 spiro atoms. The Morgan fingerprint density at radius 2 is 2.00 bits per heavy atom. The highest BCUT2D eigenvalue weighted by Gasteiger charge is 2.30. The number of alkyl halides is 3. The summed E-state index contributed by atoms with van der Waals surface area (Å²) in [5, 5.41) is 4.05. The van der Waals surface area contributed by atoms with Crippen molar-refractivity contribution in [3.63, 3.8) is 0 Å². The van der Waals surface area contributed by atoms with Gasteiger partial charge in [0.1, 0.15) is 0 Å². The molecule has 1 aromatic heterocycles. The van der Waals surface area contributed by atoms with E-state index in [4.69, 9.17) is 0 Å². The molecule has 0 amide bonds. The predicted octanol–water partition coefficient (Wildman–Crippen LogP) is 3.58. The molecule has 0 aliphatic rings. The van der Waals surface area contributed by atoms with E-state index >= 15 is 0 Å². The zero-order chi connectivity index (χ0) is 13.8. The van der Waals surface area contributed by atoms with E-state index < -0.39 is 11.7 Å². The monoisotopic (exact) mass is 278 g/mol. The van der Waals surface area contributed by atoms with Crippen molar-refractivity contribution in [3.8, 4) is 0 Å². The first-order valence-electron chi connectivity index (χ1n) is 5.70. The Kier molecular flexibility index (Phi) is 5.47. The zero-order valence-electron chi connectivity index (χ0n) is 10.6. The number of nitrogens with zero attached hydrogens (tertiary/aromatic N) is 1. The Bertz CT molecular complexity index is 365. The fourth-order valence-electron chi connectivity index (χ4n) is 1.49. The number of nitrogens with one attached hydrogen (secondary N) is 1. The third kappa shape index (κ3) is 4.86. The molecule has 2 unspecified atom stereocenters. The van der Waals surface area contributed by atoms with Crippen LogP contribution in [0.25, 0.3) is 0 Å². The van der Waals surface area contributed by atoms with E-state index in [1.807, 2.05) is 14.0 Å². The van der Waals surface area contributed by atoms with Gasteiger partial charge in [-0.3, -0.25) is 0 Å². The van der Waals surface area contributed by atoms with Crippen molar-refractivity contribution in [2.24, 2.45) is 0 Å². The summed E-state index contributed by atoms with van der Waals surface area (Å²) in [6, 6.07) is 2.87. The van der Waals surface area contributed by atoms with E-state index in [1.165, 1.54) is 17.8 Å². The maximum Gasteiger partial charge on any atom is 0.417 e. The van der Waals surface area contributed by atoms with Crippen LogP contribution in [0.3, 0.4) is 0 Å². The molecule has 102 valence electrons. The number of halogens is 3. The van der Waals surface area contributed by atoms with Crippen LogP contribution in [-0.2, 0) is 6.18 Å². The van der Waals surface area contributed by atoms with Gasteiger partial charge < -0.3 is 5.32 Å². The van der Waals surface area contributed by atoms with E-state index in [0.717, 1.165) is 18.7 Å². The SMILES string of the molecule is CNC(C)CC(C)Sc1ccc(C(F)(F)F)cn1. The standard InChI is InChI=1S/C12H17F3N2S/c1-8(16-3)6-9(2)18-11-5-4-10(7-17-11)12(13,14)15/h4-5,7-9,16H,6H2,1-3H3. The minimum atomic E-state index is -4.32. The maximum atomic E-state index is 12.3. The summed E-state index contributed by atoms with van der Waals surface area (Å²) in [5.74, 6) is 0. The number of aromatic nitrogens is 1. The molecule has 1 N–H and O–H groups in total. The van der Waals surface area contributed by atoms with Crippen molar-refractivity contribution < 1.29 is 13.2 Å². The summed E-state index contributed by atoms with van der Waals surface area (Å²) in [5.41, 5.74) is -0.705. The van der Waals surface area contributed by atoms with Crippen LogP contribution >= 0.6 is 11.8 Å². The molecular weight excluding hydrogens is 261 g/mol. The topological polar surface area (TPSA) is 24.9 Å². The summed E-state index contributed by atoms with van der Waals surface area (Å²) in [6.45, 7) is 4.11. The van der Waals surface area contributed by atoms with Crippen LogP contribution in [0.15, 0.2) is 23.4 Å². The second-order valence-electron chi connectivity index (χ2n) is 4.24. The van der Waals surface area contributed by atoms with E-state index in [2.05, 4.69) is 17.2 Å². The molecule has 2 nitrogen and oxygen atoms in total. The van der Waals surface area contributed by atoms with Crippen LogP contribution in [0.4, 0.5) is 13.2 Å². The summed E-state index contributed by atoms with van der Waals surface area (Å²) in [7, 11) is 1.89. The minimum absolute atomic E-state index is 0.302. The number of rotatable bonds is 5. The van der Waals surface area contributed by atoms with E-state index in [9.17, 15) is 13.2 Å². The van der Waals surface area contributed by atoms with Crippen LogP contribution < -0.4 is 5.32 Å². The van der Waals surface area contributed by atoms with Gasteiger partial charge in [-0.15, -0.1) is 11.8 Å². The van der Waals surface area contributed by atoms with Gasteiger partial charge in [-0.25, -0.2) is 4.98 Å². The molecule has 0 fully saturated rings. The first-order valence-corrected chi connectivity index (χ1v) is 6.58. The van der Waals surface area contributed by atoms with Gasteiger partial charge in [0.25, 0.3) is 0 Å². The highest BCUT2D eigenvalue weighted by molar-refractivity contribution is 7.99. The summed E-state index contributed by atoms with van der Waals surface area (Å²) in [4.78, 5) is 3.84. The van der Waals surface area contributed by atoms with Crippen LogP contribution in [0.1, 0.15) is 25.8 Å². The van der Waals surface area contributed by atoms with Crippen molar-refractivity contribution in [2.75, 3.05) is 7.05 Å². The van der Waals surface area contributed by atoms with Gasteiger partial charge in [-0.05, 0) is 32.5 Å². The van der Waals surface area contributed by atoms with Gasteiger partial charge in [-0.1, -0.05) is 6.92 Å². The van der Waals surface area contributed by atoms with Crippen LogP contribution in [0.2, 0.25) is 0 Å². The summed E-state index contributed by atoms with van der Waals surface area (Å²) < 4.78 is 37.0. The van der Waals surface area contributed by atoms with Crippen LogP contribution in [-0.4, -0.2) is 23.3 Å². The molecule has 1 heterocycles. The van der Waals surface area contributed by atoms with Crippen molar-refractivity contribution in [3.05, 3.63) is 23.9 Å². The summed E-state index contributed by atoms with van der Waals surface area (Å²) >= 11 is 1.49. The molecule has 0 bridgehead atoms. The van der Waals surface area contributed by atoms with Crippen molar-refractivity contribution >= 4 is 11.8 Å². The molecule has 0 aromatic carbocycles. The van der Waals surface area contributed by atoms with E-state index in [-0.39, 0.29) is 0 Å². The van der Waals surface area contributed by atoms with Gasteiger partial charge in [0.05, 0.1) is 10.6 Å². The Morgan fingerprint density at radius 1 is 1.33 bits per heavy atom. The first kappa shape index (κ1) is 15.3. The lowest BCUT2D eigenvalue weighted by atomic mass is 10.2. The number of hydrogen-bond acceptors (Lipinski definition) is 3. The number of pyridine rings is 1. The molecule has 0 saturated heterocycles. The zero-order valence-corrected chi connectivity index (χ0v) is 11.4. The number of hydrogen-bond donors (Lipinski definition) is 1. The largest absolute Gasteiger partial charge is 0.417 e. The molecule has 1 aromatic rings. The quantitative estimate of drug-likeness (QED) is 0.833. The molecule has 2 atom stereocenters. The fourth-order valence-corrected chi connectivity index (χ4v) is 2.54. The highest BCUT2D eigenvalue weighted by atomic mass is 32.2. The first-order chi connectivity index (χ1) is 8.32. The lowest BCUT2D eigenvalue weighted by Crippen LogP contribution is -2.24. The van der Waals surface area contributed by atoms with Crippen molar-refractivity contribution in [2.45, 2.75) is 42.8 Å². The third-order valence-corrected chi connectivity index (χ3v) is 3.64. The smallest absolute Gasteiger partial charge is 0.317 e. The molecule has 6 heteroatoms. The Hall–Kier alpha value is -0.750. The van der Waals surface area contributed by atoms with Gasteiger partial charge in [0.2, 0.25) is 0 Å². The molecule has 0 aliphatic heterocycles. The van der Waals surface area contributed by atoms with Crippen molar-refractivity contribution in [1.82, 2.24) is 10.3 Å². The third-order valence-electron chi connectivity index (χ3n) is 2.56. The molecule has 0 aliphatic carbocycles. The van der Waals surface area contributed by atoms with Gasteiger partial charge in [0.15, 0.2) is 0 Å². The lowest BCUT2D eigenvalue weighted by molar-refractivity contribution is -0.137. The molecule has 0 saturated carbocycles. The average Bonchev–Trinajstić information content (AvgIpc) is 2.28. The fraction of sp³-hybridized carbons (Fsp3) is 0.583. The van der Waals surface area contributed by atoms with Gasteiger partial charge >= 0.3 is 6.18 Å². The normalized spacial score (nSPS) is 15.4. The number of thioether (sulfide) groups is 1. The molecule has 18 heavy (non-hydrogen) atoms.